The van der Waals surface area contributed by atoms with Gasteiger partial charge in [0.25, 0.3) is 0 Å². The molecule has 2 rings (SSSR count). The topological polar surface area (TPSA) is 0 Å². The maximum atomic E-state index is 2.37. The molecule has 3 atom stereocenters. The molecule has 0 aromatic rings. The van der Waals surface area contributed by atoms with E-state index in [0.717, 1.165) is 17.8 Å². The highest BCUT2D eigenvalue weighted by Gasteiger charge is 2.41. The van der Waals surface area contributed by atoms with E-state index in [1.54, 1.807) is 25.7 Å². The summed E-state index contributed by atoms with van der Waals surface area (Å²) in [6, 6.07) is 0. The molecule has 14 heavy (non-hydrogen) atoms. The molecule has 2 unspecified atom stereocenters. The lowest BCUT2D eigenvalue weighted by Crippen LogP contribution is -2.25. The summed E-state index contributed by atoms with van der Waals surface area (Å²) >= 11 is 0. The molecule has 0 heterocycles. The van der Waals surface area contributed by atoms with Crippen molar-refractivity contribution in [2.75, 3.05) is 0 Å². The monoisotopic (exact) mass is 194 g/mol. The minimum atomic E-state index is 0.553. The molecule has 0 aliphatic heterocycles. The van der Waals surface area contributed by atoms with Gasteiger partial charge in [-0.2, -0.15) is 0 Å². The van der Waals surface area contributed by atoms with E-state index in [1.807, 2.05) is 0 Å². The number of hydrogen-bond acceptors (Lipinski definition) is 0. The van der Waals surface area contributed by atoms with Crippen molar-refractivity contribution >= 4 is 0 Å². The van der Waals surface area contributed by atoms with E-state index in [1.165, 1.54) is 19.3 Å². The van der Waals surface area contributed by atoms with E-state index in [-0.39, 0.29) is 0 Å². The maximum Gasteiger partial charge on any atom is -0.0357 e. The Morgan fingerprint density at radius 3 is 2.21 bits per heavy atom. The Labute approximate surface area is 89.5 Å². The Morgan fingerprint density at radius 1 is 1.00 bits per heavy atom. The third kappa shape index (κ3) is 2.32. The lowest BCUT2D eigenvalue weighted by molar-refractivity contribution is 0.161. The van der Waals surface area contributed by atoms with Gasteiger partial charge in [0, 0.05) is 0 Å². The van der Waals surface area contributed by atoms with Crippen molar-refractivity contribution in [3.63, 3.8) is 0 Å². The van der Waals surface area contributed by atoms with Crippen LogP contribution in [-0.4, -0.2) is 0 Å². The van der Waals surface area contributed by atoms with Crippen molar-refractivity contribution in [1.29, 1.82) is 0 Å². The zero-order chi connectivity index (χ0) is 10.2. The molecule has 82 valence electrons. The summed E-state index contributed by atoms with van der Waals surface area (Å²) in [6.45, 7) is 7.11. The van der Waals surface area contributed by atoms with Gasteiger partial charge in [-0.05, 0) is 55.3 Å². The molecule has 0 radical (unpaired) electrons. The molecule has 0 heteroatoms. The molecule has 2 fully saturated rings. The number of fused-ring (bicyclic) bond motifs is 1. The largest absolute Gasteiger partial charge is 0.0602 e. The molecule has 0 spiro atoms. The first-order valence-electron chi connectivity index (χ1n) is 6.56. The Bertz CT molecular complexity index is 187. The van der Waals surface area contributed by atoms with Crippen molar-refractivity contribution in [2.45, 2.75) is 65.7 Å². The summed E-state index contributed by atoms with van der Waals surface area (Å²) in [4.78, 5) is 0. The summed E-state index contributed by atoms with van der Waals surface area (Å²) < 4.78 is 0. The normalized spacial score (nSPS) is 36.6. The number of rotatable bonds is 3. The van der Waals surface area contributed by atoms with Crippen molar-refractivity contribution < 1.29 is 0 Å². The lowest BCUT2D eigenvalue weighted by Gasteiger charge is -2.34. The van der Waals surface area contributed by atoms with Gasteiger partial charge in [-0.25, -0.2) is 0 Å². The fourth-order valence-corrected chi connectivity index (χ4v) is 3.47. The van der Waals surface area contributed by atoms with Gasteiger partial charge in [0.1, 0.15) is 0 Å². The molecule has 2 aliphatic rings. The molecule has 2 saturated carbocycles. The highest BCUT2D eigenvalue weighted by molar-refractivity contribution is 4.91. The molecule has 0 aromatic heterocycles. The van der Waals surface area contributed by atoms with Crippen LogP contribution in [0.1, 0.15) is 65.7 Å². The van der Waals surface area contributed by atoms with Crippen LogP contribution in [0.15, 0.2) is 0 Å². The average Bonchev–Trinajstić information content (AvgIpc) is 2.23. The van der Waals surface area contributed by atoms with Crippen molar-refractivity contribution in [3.8, 4) is 0 Å². The quantitative estimate of drug-likeness (QED) is 0.614. The Balaban J connectivity index is 1.66. The number of hydrogen-bond donors (Lipinski definition) is 0. The van der Waals surface area contributed by atoms with E-state index in [4.69, 9.17) is 0 Å². The van der Waals surface area contributed by atoms with Crippen molar-refractivity contribution in [2.24, 2.45) is 23.2 Å². The van der Waals surface area contributed by atoms with E-state index in [9.17, 15) is 0 Å². The highest BCUT2D eigenvalue weighted by Crippen LogP contribution is 2.52. The van der Waals surface area contributed by atoms with Gasteiger partial charge in [-0.15, -0.1) is 0 Å². The van der Waals surface area contributed by atoms with Crippen molar-refractivity contribution in [3.05, 3.63) is 0 Å². The molecular weight excluding hydrogens is 168 g/mol. The fraction of sp³-hybridized carbons (Fsp3) is 1.00. The summed E-state index contributed by atoms with van der Waals surface area (Å²) in [6.07, 6.45) is 10.6. The second-order valence-corrected chi connectivity index (χ2v) is 6.79. The smallest absolute Gasteiger partial charge is 0.0357 e. The SMILES string of the molecule is CC(C)(C)CCCC1CC[C@H]2CCC12. The van der Waals surface area contributed by atoms with Crippen LogP contribution in [0.3, 0.4) is 0 Å². The third-order valence-electron chi connectivity index (χ3n) is 4.49. The van der Waals surface area contributed by atoms with Crippen LogP contribution < -0.4 is 0 Å². The zero-order valence-corrected chi connectivity index (χ0v) is 10.2. The van der Waals surface area contributed by atoms with E-state index in [2.05, 4.69) is 20.8 Å². The minimum absolute atomic E-state index is 0.553. The van der Waals surface area contributed by atoms with Crippen LogP contribution in [0, 0.1) is 23.2 Å². The van der Waals surface area contributed by atoms with E-state index < -0.39 is 0 Å². The van der Waals surface area contributed by atoms with Gasteiger partial charge in [0.05, 0.1) is 0 Å². The Morgan fingerprint density at radius 2 is 1.71 bits per heavy atom. The molecule has 0 N–H and O–H groups in total. The van der Waals surface area contributed by atoms with Gasteiger partial charge >= 0.3 is 0 Å². The Kier molecular flexibility index (Phi) is 2.91. The predicted molar refractivity (Wildman–Crippen MR) is 62.2 cm³/mol. The van der Waals surface area contributed by atoms with E-state index >= 15 is 0 Å². The summed E-state index contributed by atoms with van der Waals surface area (Å²) in [7, 11) is 0. The van der Waals surface area contributed by atoms with Crippen LogP contribution in [0.5, 0.6) is 0 Å². The summed E-state index contributed by atoms with van der Waals surface area (Å²) in [5.74, 6) is 3.45. The van der Waals surface area contributed by atoms with Gasteiger partial charge in [-0.3, -0.25) is 0 Å². The van der Waals surface area contributed by atoms with Gasteiger partial charge in [0.15, 0.2) is 0 Å². The fourth-order valence-electron chi connectivity index (χ4n) is 3.47. The average molecular weight is 194 g/mol. The molecule has 0 aromatic carbocycles. The van der Waals surface area contributed by atoms with Crippen LogP contribution in [-0.2, 0) is 0 Å². The first kappa shape index (κ1) is 10.5. The standard InChI is InChI=1S/C14H26/c1-14(2,3)10-4-5-11-6-7-12-8-9-13(11)12/h11-13H,4-10H2,1-3H3/t11?,12-,13?/m0/s1. The molecule has 0 amide bonds. The first-order chi connectivity index (χ1) is 6.56. The lowest BCUT2D eigenvalue weighted by atomic mass is 9.71. The Hall–Kier alpha value is 0. The van der Waals surface area contributed by atoms with E-state index in [0.29, 0.717) is 5.41 Å². The maximum absolute atomic E-state index is 2.37. The second-order valence-electron chi connectivity index (χ2n) is 6.79. The van der Waals surface area contributed by atoms with Gasteiger partial charge < -0.3 is 0 Å². The zero-order valence-electron chi connectivity index (χ0n) is 10.2. The van der Waals surface area contributed by atoms with Crippen LogP contribution >= 0.6 is 0 Å². The molecule has 0 nitrogen and oxygen atoms in total. The predicted octanol–water partition coefficient (Wildman–Crippen LogP) is 4.64. The van der Waals surface area contributed by atoms with Crippen LogP contribution in [0.25, 0.3) is 0 Å². The first-order valence-corrected chi connectivity index (χ1v) is 6.56. The second kappa shape index (κ2) is 3.87. The highest BCUT2D eigenvalue weighted by atomic mass is 14.5. The summed E-state index contributed by atoms with van der Waals surface area (Å²) in [5, 5.41) is 0. The summed E-state index contributed by atoms with van der Waals surface area (Å²) in [5.41, 5.74) is 0.553. The van der Waals surface area contributed by atoms with Crippen molar-refractivity contribution in [1.82, 2.24) is 0 Å². The molecule has 0 bridgehead atoms. The van der Waals surface area contributed by atoms with Gasteiger partial charge in [0.2, 0.25) is 0 Å². The molecular formula is C14H26. The van der Waals surface area contributed by atoms with Crippen LogP contribution in [0.4, 0.5) is 0 Å². The third-order valence-corrected chi connectivity index (χ3v) is 4.49. The molecule has 0 saturated heterocycles. The minimum Gasteiger partial charge on any atom is -0.0602 e. The van der Waals surface area contributed by atoms with Gasteiger partial charge in [-0.1, -0.05) is 33.6 Å². The van der Waals surface area contributed by atoms with Crippen LogP contribution in [0.2, 0.25) is 0 Å². The molecule has 2 aliphatic carbocycles.